The van der Waals surface area contributed by atoms with Crippen LogP contribution in [0.3, 0.4) is 0 Å². The Morgan fingerprint density at radius 2 is 0.824 bits per heavy atom. The summed E-state index contributed by atoms with van der Waals surface area (Å²) in [4.78, 5) is 15.2. The zero-order valence-electron chi connectivity index (χ0n) is 27.3. The Balaban J connectivity index is 1.19. The van der Waals surface area contributed by atoms with Gasteiger partial charge in [0.15, 0.2) is 17.5 Å². The zero-order chi connectivity index (χ0) is 33.9. The summed E-state index contributed by atoms with van der Waals surface area (Å²) in [5.74, 6) is 1.71. The highest BCUT2D eigenvalue weighted by molar-refractivity contribution is 6.25. The molecule has 51 heavy (non-hydrogen) atoms. The van der Waals surface area contributed by atoms with Gasteiger partial charge in [0, 0.05) is 33.2 Å². The van der Waals surface area contributed by atoms with Crippen molar-refractivity contribution in [1.82, 2.24) is 19.5 Å². The monoisotopic (exact) mass is 649 g/mol. The van der Waals surface area contributed by atoms with Gasteiger partial charge in [-0.2, -0.15) is 5.26 Å². The fourth-order valence-corrected chi connectivity index (χ4v) is 7.49. The van der Waals surface area contributed by atoms with Crippen LogP contribution in [0.4, 0.5) is 0 Å². The van der Waals surface area contributed by atoms with Gasteiger partial charge >= 0.3 is 0 Å². The number of rotatable bonds is 4. The highest BCUT2D eigenvalue weighted by Gasteiger charge is 2.17. The molecule has 5 nitrogen and oxygen atoms in total. The van der Waals surface area contributed by atoms with E-state index < -0.39 is 0 Å². The second-order valence-corrected chi connectivity index (χ2v) is 12.8. The van der Waals surface area contributed by atoms with Crippen molar-refractivity contribution in [2.45, 2.75) is 0 Å². The van der Waals surface area contributed by atoms with Crippen LogP contribution in [0.5, 0.6) is 0 Å². The summed E-state index contributed by atoms with van der Waals surface area (Å²) in [7, 11) is 0. The van der Waals surface area contributed by atoms with Crippen LogP contribution in [0.1, 0.15) is 5.56 Å². The smallest absolute Gasteiger partial charge is 0.164 e. The summed E-state index contributed by atoms with van der Waals surface area (Å²) in [5.41, 5.74) is 6.49. The summed E-state index contributed by atoms with van der Waals surface area (Å²) in [6.07, 6.45) is 0. The number of hydrogen-bond donors (Lipinski definition) is 0. The predicted molar refractivity (Wildman–Crippen MR) is 208 cm³/mol. The first-order chi connectivity index (χ1) is 25.2. The zero-order valence-corrected chi connectivity index (χ0v) is 27.3. The first-order valence-corrected chi connectivity index (χ1v) is 16.9. The van der Waals surface area contributed by atoms with Gasteiger partial charge in [0.1, 0.15) is 0 Å². The molecule has 0 fully saturated rings. The van der Waals surface area contributed by atoms with Crippen LogP contribution in [0.15, 0.2) is 164 Å². The van der Waals surface area contributed by atoms with E-state index in [1.165, 1.54) is 37.7 Å². The Labute approximate surface area is 293 Å². The number of aromatic nitrogens is 4. The minimum absolute atomic E-state index is 0.547. The molecule has 0 radical (unpaired) electrons. The molecule has 0 unspecified atom stereocenters. The summed E-state index contributed by atoms with van der Waals surface area (Å²) < 4.78 is 2.30. The van der Waals surface area contributed by atoms with Gasteiger partial charge in [-0.05, 0) is 86.9 Å². The number of hydrogen-bond acceptors (Lipinski definition) is 4. The summed E-state index contributed by atoms with van der Waals surface area (Å²) in [5, 5.41) is 19.1. The van der Waals surface area contributed by atoms with E-state index in [9.17, 15) is 5.26 Å². The second-order valence-electron chi connectivity index (χ2n) is 12.8. The Kier molecular flexibility index (Phi) is 6.48. The Bertz CT molecular complexity index is 2950. The van der Waals surface area contributed by atoms with Gasteiger partial charge in [-0.25, -0.2) is 15.0 Å². The van der Waals surface area contributed by atoms with Crippen LogP contribution in [-0.4, -0.2) is 19.5 Å². The van der Waals surface area contributed by atoms with Crippen molar-refractivity contribution in [3.05, 3.63) is 169 Å². The van der Waals surface area contributed by atoms with Crippen LogP contribution in [-0.2, 0) is 0 Å². The molecule has 0 bridgehead atoms. The van der Waals surface area contributed by atoms with E-state index in [-0.39, 0.29) is 0 Å². The summed E-state index contributed by atoms with van der Waals surface area (Å²) in [6, 6.07) is 58.7. The molecule has 0 atom stereocenters. The first-order valence-electron chi connectivity index (χ1n) is 16.9. The molecule has 0 N–H and O–H groups in total. The molecule has 0 aliphatic rings. The summed E-state index contributed by atoms with van der Waals surface area (Å²) in [6.45, 7) is 0. The lowest BCUT2D eigenvalue weighted by Crippen LogP contribution is -2.01. The van der Waals surface area contributed by atoms with E-state index in [1.54, 1.807) is 12.1 Å². The lowest BCUT2D eigenvalue weighted by atomic mass is 9.93. The van der Waals surface area contributed by atoms with Crippen molar-refractivity contribution < 1.29 is 0 Å². The topological polar surface area (TPSA) is 67.4 Å². The highest BCUT2D eigenvalue weighted by Crippen LogP contribution is 2.38. The second kappa shape index (κ2) is 11.5. The number of benzene rings is 8. The van der Waals surface area contributed by atoms with E-state index in [1.807, 2.05) is 12.1 Å². The van der Waals surface area contributed by atoms with Crippen molar-refractivity contribution in [2.75, 3.05) is 0 Å². The maximum Gasteiger partial charge on any atom is 0.164 e. The van der Waals surface area contributed by atoms with Gasteiger partial charge in [0.05, 0.1) is 22.7 Å². The molecule has 5 heteroatoms. The molecule has 0 aliphatic carbocycles. The molecular weight excluding hydrogens is 623 g/mol. The molecule has 0 amide bonds. The fraction of sp³-hybridized carbons (Fsp3) is 0. The van der Waals surface area contributed by atoms with Gasteiger partial charge in [-0.3, -0.25) is 0 Å². The van der Waals surface area contributed by atoms with Gasteiger partial charge in [0.25, 0.3) is 0 Å². The van der Waals surface area contributed by atoms with E-state index in [0.29, 0.717) is 23.0 Å². The van der Waals surface area contributed by atoms with E-state index in [2.05, 4.69) is 150 Å². The lowest BCUT2D eigenvalue weighted by Gasteiger charge is -2.13. The standard InChI is InChI=1S/C46H27N5/c47-28-29-20-22-30(23-21-29)44-48-45(31-10-9-11-33(26-31)51-42-18-7-5-16-39(42)40-17-6-8-19-43(40)51)50-46(49-44)32-24-25-38-36-14-2-1-12-34(36)35-13-3-4-15-37(35)41(38)27-32/h1-27H. The largest absolute Gasteiger partial charge is 0.309 e. The fourth-order valence-electron chi connectivity index (χ4n) is 7.49. The minimum atomic E-state index is 0.547. The first kappa shape index (κ1) is 28.8. The maximum atomic E-state index is 9.46. The Morgan fingerprint density at radius 3 is 1.39 bits per heavy atom. The van der Waals surface area contributed by atoms with Gasteiger partial charge in [-0.15, -0.1) is 0 Å². The SMILES string of the molecule is N#Cc1ccc(-c2nc(-c3cccc(-n4c5ccccc5c5ccccc54)c3)nc(-c3ccc4c5ccccc5c5ccccc5c4c3)n2)cc1. The van der Waals surface area contributed by atoms with Crippen LogP contribution in [0, 0.1) is 11.3 Å². The molecular formula is C46H27N5. The van der Waals surface area contributed by atoms with Crippen molar-refractivity contribution in [3.63, 3.8) is 0 Å². The molecule has 8 aromatic carbocycles. The molecule has 0 aliphatic heterocycles. The average Bonchev–Trinajstić information content (AvgIpc) is 3.55. The molecule has 0 saturated carbocycles. The Morgan fingerprint density at radius 1 is 0.373 bits per heavy atom. The molecule has 0 spiro atoms. The number of nitriles is 1. The quantitative estimate of drug-likeness (QED) is 0.178. The van der Waals surface area contributed by atoms with Gasteiger partial charge < -0.3 is 4.57 Å². The van der Waals surface area contributed by atoms with Crippen molar-refractivity contribution in [1.29, 1.82) is 5.26 Å². The van der Waals surface area contributed by atoms with Gasteiger partial charge in [-0.1, -0.05) is 109 Å². The van der Waals surface area contributed by atoms with Crippen molar-refractivity contribution in [2.24, 2.45) is 0 Å². The molecule has 10 rings (SSSR count). The maximum absolute atomic E-state index is 9.46. The van der Waals surface area contributed by atoms with E-state index in [4.69, 9.17) is 15.0 Å². The summed E-state index contributed by atoms with van der Waals surface area (Å²) >= 11 is 0. The van der Waals surface area contributed by atoms with Crippen LogP contribution in [0.25, 0.3) is 94.0 Å². The number of para-hydroxylation sites is 2. The third-order valence-corrected chi connectivity index (χ3v) is 9.85. The number of fused-ring (bicyclic) bond motifs is 9. The lowest BCUT2D eigenvalue weighted by molar-refractivity contribution is 1.07. The van der Waals surface area contributed by atoms with Crippen LogP contribution < -0.4 is 0 Å². The van der Waals surface area contributed by atoms with Crippen molar-refractivity contribution >= 4 is 54.1 Å². The molecule has 10 aromatic rings. The average molecular weight is 650 g/mol. The normalized spacial score (nSPS) is 11.5. The van der Waals surface area contributed by atoms with Crippen LogP contribution in [0.2, 0.25) is 0 Å². The third-order valence-electron chi connectivity index (χ3n) is 9.85. The molecule has 0 saturated heterocycles. The number of nitrogens with zero attached hydrogens (tertiary/aromatic N) is 5. The van der Waals surface area contributed by atoms with Gasteiger partial charge in [0.2, 0.25) is 0 Å². The molecule has 2 aromatic heterocycles. The third kappa shape index (κ3) is 4.66. The van der Waals surface area contributed by atoms with Crippen molar-refractivity contribution in [3.8, 4) is 45.9 Å². The van der Waals surface area contributed by atoms with E-state index in [0.717, 1.165) is 38.8 Å². The highest BCUT2D eigenvalue weighted by atomic mass is 15.0. The van der Waals surface area contributed by atoms with Crippen LogP contribution >= 0.6 is 0 Å². The van der Waals surface area contributed by atoms with E-state index >= 15 is 0 Å². The molecule has 236 valence electrons. The minimum Gasteiger partial charge on any atom is -0.309 e. The Hall–Kier alpha value is -7.16. The predicted octanol–water partition coefficient (Wildman–Crippen LogP) is 11.3. The molecule has 2 heterocycles.